The molecule has 0 aliphatic heterocycles. The molecule has 0 aromatic carbocycles. The Balaban J connectivity index is 0.000000758. The van der Waals surface area contributed by atoms with Gasteiger partial charge in [-0.3, -0.25) is 0 Å². The van der Waals surface area contributed by atoms with Crippen molar-refractivity contribution >= 4 is 11.9 Å². The van der Waals surface area contributed by atoms with Gasteiger partial charge in [-0.25, -0.2) is 13.9 Å². The second-order valence-electron chi connectivity index (χ2n) is 5.65. The number of carbonyl (C=O) groups excluding carboxylic acids is 2. The fourth-order valence-electron chi connectivity index (χ4n) is 1.73. The third-order valence-corrected chi connectivity index (χ3v) is 3.14. The molecule has 26 heavy (non-hydrogen) atoms. The summed E-state index contributed by atoms with van der Waals surface area (Å²) >= 11 is 0. The van der Waals surface area contributed by atoms with Crippen molar-refractivity contribution in [3.05, 3.63) is 30.9 Å². The zero-order valence-electron chi connectivity index (χ0n) is 15.1. The largest absolute Gasteiger partial charge is 0.542 e. The second kappa shape index (κ2) is 12.1. The minimum absolute atomic E-state index is 0.293. The molecule has 1 heterocycles. The summed E-state index contributed by atoms with van der Waals surface area (Å²) in [5.41, 5.74) is 0.461. The minimum Gasteiger partial charge on any atom is -0.542 e. The molecule has 0 N–H and O–H groups in total. The molecular formula is C17H25F3N2O4. The van der Waals surface area contributed by atoms with Gasteiger partial charge in [-0.05, 0) is 26.2 Å². The van der Waals surface area contributed by atoms with Crippen molar-refractivity contribution in [1.29, 1.82) is 0 Å². The van der Waals surface area contributed by atoms with Crippen molar-refractivity contribution in [2.24, 2.45) is 0 Å². The van der Waals surface area contributed by atoms with Crippen LogP contribution in [0.15, 0.2) is 30.9 Å². The van der Waals surface area contributed by atoms with Crippen molar-refractivity contribution in [3.63, 3.8) is 0 Å². The summed E-state index contributed by atoms with van der Waals surface area (Å²) < 4.78 is 41.0. The lowest BCUT2D eigenvalue weighted by atomic mass is 10.3. The zero-order valence-corrected chi connectivity index (χ0v) is 15.1. The monoisotopic (exact) mass is 378 g/mol. The van der Waals surface area contributed by atoms with E-state index >= 15 is 0 Å². The molecule has 0 fully saturated rings. The number of carboxylic acid groups (broad SMARTS) is 1. The van der Waals surface area contributed by atoms with Crippen LogP contribution < -0.4 is 9.67 Å². The van der Waals surface area contributed by atoms with Gasteiger partial charge in [-0.15, -0.1) is 0 Å². The summed E-state index contributed by atoms with van der Waals surface area (Å²) in [5.74, 6) is -3.30. The smallest absolute Gasteiger partial charge is 0.430 e. The number of aromatic nitrogens is 2. The number of aryl methyl sites for hydroxylation is 2. The Bertz CT molecular complexity index is 583. The third kappa shape index (κ3) is 11.3. The van der Waals surface area contributed by atoms with E-state index in [0.717, 1.165) is 25.9 Å². The topological polar surface area (TPSA) is 75.2 Å². The number of rotatable bonds is 9. The highest BCUT2D eigenvalue weighted by Gasteiger charge is 2.28. The van der Waals surface area contributed by atoms with E-state index in [0.29, 0.717) is 12.2 Å². The van der Waals surface area contributed by atoms with Crippen LogP contribution in [-0.4, -0.2) is 29.3 Å². The first-order valence-corrected chi connectivity index (χ1v) is 8.23. The van der Waals surface area contributed by atoms with E-state index in [1.165, 1.54) is 12.8 Å². The number of esters is 1. The Kier molecular flexibility index (Phi) is 11.0. The highest BCUT2D eigenvalue weighted by molar-refractivity contribution is 5.86. The number of imidazole rings is 1. The summed E-state index contributed by atoms with van der Waals surface area (Å²) in [6, 6.07) is 0. The van der Waals surface area contributed by atoms with Crippen LogP contribution in [0.4, 0.5) is 13.2 Å². The van der Waals surface area contributed by atoms with E-state index in [1.807, 2.05) is 0 Å². The Labute approximate surface area is 150 Å². The number of hydrogen-bond acceptors (Lipinski definition) is 4. The van der Waals surface area contributed by atoms with Crippen LogP contribution in [0.5, 0.6) is 0 Å². The van der Waals surface area contributed by atoms with Gasteiger partial charge < -0.3 is 14.6 Å². The molecule has 0 saturated heterocycles. The predicted molar refractivity (Wildman–Crippen MR) is 85.6 cm³/mol. The predicted octanol–water partition coefficient (Wildman–Crippen LogP) is 1.77. The molecule has 0 spiro atoms. The number of alkyl halides is 3. The Hall–Kier alpha value is -2.32. The average Bonchev–Trinajstić information content (AvgIpc) is 2.99. The van der Waals surface area contributed by atoms with Crippen LogP contribution >= 0.6 is 0 Å². The van der Waals surface area contributed by atoms with E-state index < -0.39 is 12.1 Å². The maximum atomic E-state index is 11.1. The van der Waals surface area contributed by atoms with Crippen LogP contribution in [0.25, 0.3) is 0 Å². The molecule has 9 heteroatoms. The lowest BCUT2D eigenvalue weighted by Crippen LogP contribution is -2.37. The molecular weight excluding hydrogens is 353 g/mol. The summed E-state index contributed by atoms with van der Waals surface area (Å²) in [6.45, 7) is 9.93. The first-order valence-electron chi connectivity index (χ1n) is 8.23. The van der Waals surface area contributed by atoms with Crippen molar-refractivity contribution in [2.45, 2.75) is 58.8 Å². The molecule has 148 valence electrons. The SMILES string of the molecule is C=C(C)C(=O)OCCCC[n+]1ccn(CCCC)c1.O=C([O-])C(F)(F)F. The van der Waals surface area contributed by atoms with Gasteiger partial charge in [0.05, 0.1) is 19.7 Å². The van der Waals surface area contributed by atoms with Gasteiger partial charge >= 0.3 is 12.1 Å². The van der Waals surface area contributed by atoms with Crippen LogP contribution in [0.1, 0.15) is 39.5 Å². The van der Waals surface area contributed by atoms with Crippen molar-refractivity contribution in [2.75, 3.05) is 6.61 Å². The Morgan fingerprint density at radius 1 is 1.27 bits per heavy atom. The summed E-state index contributed by atoms with van der Waals surface area (Å²) in [7, 11) is 0. The number of ether oxygens (including phenoxy) is 1. The number of carbonyl (C=O) groups is 2. The molecule has 0 aliphatic carbocycles. The summed E-state index contributed by atoms with van der Waals surface area (Å²) in [5, 5.41) is 8.78. The molecule has 1 aromatic heterocycles. The van der Waals surface area contributed by atoms with Gasteiger partial charge in [0.1, 0.15) is 18.4 Å². The summed E-state index contributed by atoms with van der Waals surface area (Å²) in [6.07, 6.45) is 5.46. The molecule has 0 aliphatic rings. The van der Waals surface area contributed by atoms with Gasteiger partial charge in [0.15, 0.2) is 0 Å². The number of hydrogen-bond donors (Lipinski definition) is 0. The number of carboxylic acids is 1. The molecule has 0 saturated carbocycles. The normalized spacial score (nSPS) is 10.7. The molecule has 0 atom stereocenters. The number of aliphatic carboxylic acids is 1. The molecule has 1 rings (SSSR count). The van der Waals surface area contributed by atoms with Crippen LogP contribution in [0.2, 0.25) is 0 Å². The third-order valence-electron chi connectivity index (χ3n) is 3.14. The molecule has 1 aromatic rings. The molecule has 6 nitrogen and oxygen atoms in total. The lowest BCUT2D eigenvalue weighted by molar-refractivity contribution is -0.696. The van der Waals surface area contributed by atoms with E-state index in [4.69, 9.17) is 14.6 Å². The van der Waals surface area contributed by atoms with Gasteiger partial charge in [0, 0.05) is 5.57 Å². The standard InChI is InChI=1S/C15H25N2O2.C2HF3O2/c1-4-5-8-16-10-11-17(13-16)9-6-7-12-19-15(18)14(2)3;3-2(4,5)1(6)7/h10-11,13H,2,4-9,12H2,1,3H3;(H,6,7)/q+1;/p-1. The second-order valence-corrected chi connectivity index (χ2v) is 5.65. The molecule has 0 amide bonds. The quantitative estimate of drug-likeness (QED) is 0.284. The number of nitrogens with zero attached hydrogens (tertiary/aromatic N) is 2. The van der Waals surface area contributed by atoms with Crippen LogP contribution in [0, 0.1) is 0 Å². The highest BCUT2D eigenvalue weighted by atomic mass is 19.4. The molecule has 0 unspecified atom stereocenters. The molecule has 0 bridgehead atoms. The van der Waals surface area contributed by atoms with Gasteiger partial charge in [0.2, 0.25) is 6.33 Å². The van der Waals surface area contributed by atoms with Crippen molar-refractivity contribution < 1.29 is 37.2 Å². The van der Waals surface area contributed by atoms with E-state index in [1.54, 1.807) is 6.92 Å². The van der Waals surface area contributed by atoms with Gasteiger partial charge in [-0.1, -0.05) is 19.9 Å². The fraction of sp³-hybridized carbons (Fsp3) is 0.588. The maximum Gasteiger partial charge on any atom is 0.430 e. The molecule has 0 radical (unpaired) electrons. The minimum atomic E-state index is -5.19. The fourth-order valence-corrected chi connectivity index (χ4v) is 1.73. The van der Waals surface area contributed by atoms with Crippen LogP contribution in [-0.2, 0) is 27.4 Å². The van der Waals surface area contributed by atoms with E-state index in [-0.39, 0.29) is 5.97 Å². The van der Waals surface area contributed by atoms with Crippen molar-refractivity contribution in [3.8, 4) is 0 Å². The van der Waals surface area contributed by atoms with E-state index in [2.05, 4.69) is 41.4 Å². The van der Waals surface area contributed by atoms with Crippen LogP contribution in [0.3, 0.4) is 0 Å². The average molecular weight is 378 g/mol. The first-order chi connectivity index (χ1) is 12.1. The van der Waals surface area contributed by atoms with Crippen molar-refractivity contribution in [1.82, 2.24) is 4.57 Å². The summed E-state index contributed by atoms with van der Waals surface area (Å²) in [4.78, 5) is 19.9. The number of halogens is 3. The highest BCUT2D eigenvalue weighted by Crippen LogP contribution is 2.11. The van der Waals surface area contributed by atoms with E-state index in [9.17, 15) is 18.0 Å². The van der Waals surface area contributed by atoms with Gasteiger partial charge in [0.25, 0.3) is 0 Å². The lowest BCUT2D eigenvalue weighted by Gasteiger charge is -2.03. The maximum absolute atomic E-state index is 11.1. The number of unbranched alkanes of at least 4 members (excludes halogenated alkanes) is 2. The first kappa shape index (κ1) is 23.7. The Morgan fingerprint density at radius 2 is 1.88 bits per heavy atom. The zero-order chi connectivity index (χ0) is 20.2. The Morgan fingerprint density at radius 3 is 2.38 bits per heavy atom. The van der Waals surface area contributed by atoms with Gasteiger partial charge in [-0.2, -0.15) is 13.2 Å².